The van der Waals surface area contributed by atoms with Crippen LogP contribution >= 0.6 is 24.5 Å². The third-order valence-electron chi connectivity index (χ3n) is 1.76. The van der Waals surface area contributed by atoms with Crippen LogP contribution in [-0.2, 0) is 13.6 Å². The number of benzene rings is 1. The highest BCUT2D eigenvalue weighted by molar-refractivity contribution is 9.10. The van der Waals surface area contributed by atoms with E-state index in [2.05, 4.69) is 15.9 Å². The van der Waals surface area contributed by atoms with E-state index in [0.29, 0.717) is 18.8 Å². The van der Waals surface area contributed by atoms with E-state index < -0.39 is 15.0 Å². The van der Waals surface area contributed by atoms with Gasteiger partial charge in [-0.25, -0.2) is 4.39 Å². The van der Waals surface area contributed by atoms with Crippen LogP contribution in [0.4, 0.5) is 4.39 Å². The first-order valence-corrected chi connectivity index (χ1v) is 7.18. The second kappa shape index (κ2) is 8.11. The predicted octanol–water partition coefficient (Wildman–Crippen LogP) is 4.73. The van der Waals surface area contributed by atoms with Crippen molar-refractivity contribution in [1.29, 1.82) is 0 Å². The summed E-state index contributed by atoms with van der Waals surface area (Å²) in [6.45, 7) is 4.47. The maximum absolute atomic E-state index is 13.8. The highest BCUT2D eigenvalue weighted by atomic mass is 79.9. The van der Waals surface area contributed by atoms with Crippen molar-refractivity contribution in [3.63, 3.8) is 0 Å². The fourth-order valence-corrected chi connectivity index (χ4v) is 2.40. The quantitative estimate of drug-likeness (QED) is 0.678. The molecule has 1 aromatic rings. The molecule has 0 saturated heterocycles. The number of alkyl halides is 1. The molecule has 1 unspecified atom stereocenters. The van der Waals surface area contributed by atoms with Gasteiger partial charge in [-0.15, -0.1) is 0 Å². The molecule has 6 heteroatoms. The Balaban J connectivity index is 2.59. The van der Waals surface area contributed by atoms with Crippen molar-refractivity contribution in [3.05, 3.63) is 34.3 Å². The Morgan fingerprint density at radius 3 is 2.47 bits per heavy atom. The zero-order valence-electron chi connectivity index (χ0n) is 9.73. The summed E-state index contributed by atoms with van der Waals surface area (Å²) in [4.78, 5) is 0. The van der Waals surface area contributed by atoms with E-state index >= 15 is 0 Å². The van der Waals surface area contributed by atoms with Gasteiger partial charge in [-0.2, -0.15) is 0 Å². The second-order valence-electron chi connectivity index (χ2n) is 3.04. The predicted molar refractivity (Wildman–Crippen MR) is 69.2 cm³/mol. The molecule has 0 fully saturated rings. The maximum Gasteiger partial charge on any atom is 0.335 e. The summed E-state index contributed by atoms with van der Waals surface area (Å²) in [5.74, 6) is 0. The smallest absolute Gasteiger partial charge is 0.312 e. The molecule has 1 rings (SSSR count). The van der Waals surface area contributed by atoms with Crippen molar-refractivity contribution in [1.82, 2.24) is 0 Å². The lowest BCUT2D eigenvalue weighted by molar-refractivity contribution is 0.0358. The highest BCUT2D eigenvalue weighted by Gasteiger charge is 2.20. The monoisotopic (exact) mass is 324 g/mol. The number of rotatable bonds is 7. The van der Waals surface area contributed by atoms with Crippen molar-refractivity contribution in [2.45, 2.75) is 20.2 Å². The molecule has 0 bridgehead atoms. The fraction of sp³-hybridized carbons (Fsp3) is 0.455. The molecular formula is C11H15BrFO3P. The van der Waals surface area contributed by atoms with Crippen molar-refractivity contribution < 1.29 is 18.0 Å². The summed E-state index contributed by atoms with van der Waals surface area (Å²) >= 11 is 3.28. The third-order valence-corrected chi connectivity index (χ3v) is 3.55. The van der Waals surface area contributed by atoms with Crippen LogP contribution in [0.3, 0.4) is 0 Å². The minimum atomic E-state index is -1.62. The standard InChI is InChI=1S/C11H15BrFO3P/c1-3-14-17(15-4-2)16-11(13)9-6-5-7-10(12)8-9/h5-8,11H,3-4H2,1-2H3. The number of halogens is 2. The molecule has 1 aromatic carbocycles. The minimum Gasteiger partial charge on any atom is -0.312 e. The summed E-state index contributed by atoms with van der Waals surface area (Å²) in [7, 11) is -1.62. The van der Waals surface area contributed by atoms with E-state index in [-0.39, 0.29) is 0 Å². The maximum atomic E-state index is 13.8. The molecule has 1 atom stereocenters. The first-order valence-electron chi connectivity index (χ1n) is 5.29. The van der Waals surface area contributed by atoms with Crippen molar-refractivity contribution >= 4 is 24.5 Å². The summed E-state index contributed by atoms with van der Waals surface area (Å²) in [6.07, 6.45) is -1.54. The van der Waals surface area contributed by atoms with Crippen LogP contribution in [0.1, 0.15) is 25.8 Å². The Morgan fingerprint density at radius 1 is 1.29 bits per heavy atom. The van der Waals surface area contributed by atoms with Gasteiger partial charge in [0, 0.05) is 10.0 Å². The topological polar surface area (TPSA) is 27.7 Å². The molecule has 0 saturated carbocycles. The van der Waals surface area contributed by atoms with Gasteiger partial charge in [-0.05, 0) is 26.0 Å². The second-order valence-corrected chi connectivity index (χ2v) is 5.13. The Kier molecular flexibility index (Phi) is 7.16. The SMILES string of the molecule is CCOP(OCC)OC(F)c1cccc(Br)c1. The fourth-order valence-electron chi connectivity index (χ4n) is 1.09. The number of hydrogen-bond donors (Lipinski definition) is 0. The van der Waals surface area contributed by atoms with Gasteiger partial charge in [0.15, 0.2) is 0 Å². The van der Waals surface area contributed by atoms with Crippen LogP contribution in [0.15, 0.2) is 28.7 Å². The zero-order chi connectivity index (χ0) is 12.7. The van der Waals surface area contributed by atoms with Crippen LogP contribution in [0.5, 0.6) is 0 Å². The van der Waals surface area contributed by atoms with Crippen LogP contribution < -0.4 is 0 Å². The zero-order valence-corrected chi connectivity index (χ0v) is 12.2. The summed E-state index contributed by atoms with van der Waals surface area (Å²) in [6, 6.07) is 6.89. The lowest BCUT2D eigenvalue weighted by Gasteiger charge is -2.17. The normalized spacial score (nSPS) is 13.0. The average molecular weight is 325 g/mol. The lowest BCUT2D eigenvalue weighted by atomic mass is 10.2. The van der Waals surface area contributed by atoms with Crippen molar-refractivity contribution in [3.8, 4) is 0 Å². The number of hydrogen-bond acceptors (Lipinski definition) is 3. The third kappa shape index (κ3) is 5.40. The van der Waals surface area contributed by atoms with Crippen molar-refractivity contribution in [2.75, 3.05) is 13.2 Å². The molecule has 0 spiro atoms. The molecule has 3 nitrogen and oxygen atoms in total. The largest absolute Gasteiger partial charge is 0.335 e. The van der Waals surface area contributed by atoms with E-state index in [9.17, 15) is 4.39 Å². The Morgan fingerprint density at radius 2 is 1.94 bits per heavy atom. The Bertz CT molecular complexity index is 334. The molecule has 0 radical (unpaired) electrons. The van der Waals surface area contributed by atoms with E-state index in [1.807, 2.05) is 19.9 Å². The molecule has 0 N–H and O–H groups in total. The van der Waals surface area contributed by atoms with Gasteiger partial charge in [0.1, 0.15) is 0 Å². The molecule has 0 aliphatic carbocycles. The van der Waals surface area contributed by atoms with Crippen LogP contribution in [0.25, 0.3) is 0 Å². The summed E-state index contributed by atoms with van der Waals surface area (Å²) < 4.78 is 30.1. The van der Waals surface area contributed by atoms with Gasteiger partial charge >= 0.3 is 8.60 Å². The Hall–Kier alpha value is -0.0600. The van der Waals surface area contributed by atoms with Gasteiger partial charge in [-0.3, -0.25) is 4.52 Å². The molecule has 0 aliphatic heterocycles. The van der Waals surface area contributed by atoms with E-state index in [0.717, 1.165) is 4.47 Å². The first-order chi connectivity index (χ1) is 8.17. The molecule has 17 heavy (non-hydrogen) atoms. The summed E-state index contributed by atoms with van der Waals surface area (Å²) in [5, 5.41) is 0. The molecule has 0 aliphatic rings. The van der Waals surface area contributed by atoms with Gasteiger partial charge in [-0.1, -0.05) is 28.1 Å². The summed E-state index contributed by atoms with van der Waals surface area (Å²) in [5.41, 5.74) is 0.436. The van der Waals surface area contributed by atoms with Gasteiger partial charge in [0.25, 0.3) is 0 Å². The molecule has 0 amide bonds. The Labute approximate surface area is 110 Å². The molecule has 0 heterocycles. The van der Waals surface area contributed by atoms with E-state index in [1.54, 1.807) is 18.2 Å². The molecule has 0 aromatic heterocycles. The van der Waals surface area contributed by atoms with E-state index in [1.165, 1.54) is 0 Å². The van der Waals surface area contributed by atoms with E-state index in [4.69, 9.17) is 13.6 Å². The average Bonchev–Trinajstić information content (AvgIpc) is 2.29. The van der Waals surface area contributed by atoms with Crippen LogP contribution in [0.2, 0.25) is 0 Å². The first kappa shape index (κ1) is 15.0. The van der Waals surface area contributed by atoms with Crippen LogP contribution in [0, 0.1) is 0 Å². The highest BCUT2D eigenvalue weighted by Crippen LogP contribution is 2.45. The van der Waals surface area contributed by atoms with Gasteiger partial charge in [0.05, 0.1) is 13.2 Å². The van der Waals surface area contributed by atoms with Gasteiger partial charge < -0.3 is 9.05 Å². The van der Waals surface area contributed by atoms with Gasteiger partial charge in [0.2, 0.25) is 6.36 Å². The molecular weight excluding hydrogens is 310 g/mol. The lowest BCUT2D eigenvalue weighted by Crippen LogP contribution is -1.99. The van der Waals surface area contributed by atoms with Crippen LogP contribution in [-0.4, -0.2) is 13.2 Å². The molecule has 96 valence electrons. The minimum absolute atomic E-state index is 0.427. The van der Waals surface area contributed by atoms with Crippen molar-refractivity contribution in [2.24, 2.45) is 0 Å².